The lowest BCUT2D eigenvalue weighted by molar-refractivity contribution is -0.385. The normalized spacial score (nSPS) is 10.6. The zero-order valence-corrected chi connectivity index (χ0v) is 21.4. The molecule has 204 valence electrons. The molecule has 3 aromatic rings. The molecule has 12 heteroatoms. The third-order valence-corrected chi connectivity index (χ3v) is 5.23. The highest BCUT2D eigenvalue weighted by molar-refractivity contribution is 6.01. The lowest BCUT2D eigenvalue weighted by Crippen LogP contribution is -2.31. The third kappa shape index (κ3) is 7.65. The van der Waals surface area contributed by atoms with Crippen molar-refractivity contribution in [2.45, 2.75) is 13.8 Å². The molecular weight excluding hydrogens is 522 g/mol. The van der Waals surface area contributed by atoms with Gasteiger partial charge in [0.1, 0.15) is 23.1 Å². The Bertz CT molecular complexity index is 1460. The Balaban J connectivity index is 2.06. The number of nitriles is 1. The molecule has 0 bridgehead atoms. The van der Waals surface area contributed by atoms with Crippen LogP contribution in [0.2, 0.25) is 0 Å². The van der Waals surface area contributed by atoms with Crippen molar-refractivity contribution >= 4 is 30.0 Å². The van der Waals surface area contributed by atoms with Crippen LogP contribution < -0.4 is 18.9 Å². The predicted octanol–water partition coefficient (Wildman–Crippen LogP) is 5.53. The number of carbonyl (C=O) groups is 3. The molecule has 0 fully saturated rings. The van der Waals surface area contributed by atoms with Gasteiger partial charge in [0.2, 0.25) is 0 Å². The van der Waals surface area contributed by atoms with Gasteiger partial charge in [-0.05, 0) is 55.8 Å². The fourth-order valence-electron chi connectivity index (χ4n) is 3.38. The minimum absolute atomic E-state index is 0.0601. The molecule has 0 aliphatic rings. The van der Waals surface area contributed by atoms with Gasteiger partial charge < -0.3 is 23.8 Å². The van der Waals surface area contributed by atoms with Crippen LogP contribution in [-0.2, 0) is 4.79 Å². The lowest BCUT2D eigenvalue weighted by Gasteiger charge is -2.17. The number of hydrogen-bond acceptors (Lipinski definition) is 10. The van der Waals surface area contributed by atoms with Crippen molar-refractivity contribution in [3.05, 3.63) is 94.0 Å². The van der Waals surface area contributed by atoms with Crippen LogP contribution in [0.15, 0.2) is 78.4 Å². The Kier molecular flexibility index (Phi) is 9.91. The third-order valence-electron chi connectivity index (χ3n) is 5.23. The summed E-state index contributed by atoms with van der Waals surface area (Å²) in [6.07, 6.45) is -1.56. The second-order valence-electron chi connectivity index (χ2n) is 7.81. The summed E-state index contributed by atoms with van der Waals surface area (Å²) in [6, 6.07) is 19.4. The van der Waals surface area contributed by atoms with E-state index >= 15 is 0 Å². The number of ether oxygens (including phenoxy) is 4. The summed E-state index contributed by atoms with van der Waals surface area (Å²) in [7, 11) is 0. The van der Waals surface area contributed by atoms with Gasteiger partial charge in [-0.3, -0.25) is 14.9 Å². The van der Waals surface area contributed by atoms with Crippen LogP contribution in [0.4, 0.5) is 15.3 Å². The van der Waals surface area contributed by atoms with Crippen LogP contribution in [0.5, 0.6) is 23.0 Å². The van der Waals surface area contributed by atoms with Crippen LogP contribution in [-0.4, -0.2) is 41.1 Å². The molecule has 0 aliphatic carbocycles. The first-order valence-electron chi connectivity index (χ1n) is 11.9. The Morgan fingerprint density at radius 3 is 1.88 bits per heavy atom. The average Bonchev–Trinajstić information content (AvgIpc) is 2.94. The molecule has 0 unspecified atom stereocenters. The van der Waals surface area contributed by atoms with Crippen LogP contribution in [0.25, 0.3) is 6.08 Å². The van der Waals surface area contributed by atoms with E-state index in [2.05, 4.69) is 0 Å². The second-order valence-corrected chi connectivity index (χ2v) is 7.81. The fraction of sp³-hybridized carbons (Fsp3) is 0.143. The van der Waals surface area contributed by atoms with Gasteiger partial charge in [-0.15, -0.1) is 0 Å². The van der Waals surface area contributed by atoms with Crippen molar-refractivity contribution in [3.8, 4) is 29.1 Å². The molecule has 0 spiro atoms. The summed E-state index contributed by atoms with van der Waals surface area (Å²) in [4.78, 5) is 50.2. The Morgan fingerprint density at radius 2 is 1.40 bits per heavy atom. The molecule has 0 atom stereocenters. The summed E-state index contributed by atoms with van der Waals surface area (Å²) in [5.41, 5.74) is -1.20. The maximum atomic E-state index is 12.7. The largest absolute Gasteiger partial charge is 0.519 e. The van der Waals surface area contributed by atoms with Crippen molar-refractivity contribution in [3.63, 3.8) is 0 Å². The molecule has 0 N–H and O–H groups in total. The minimum Gasteiger partial charge on any atom is -0.395 e. The molecule has 0 heterocycles. The average molecular weight is 546 g/mol. The highest BCUT2D eigenvalue weighted by Gasteiger charge is 2.28. The number of amides is 1. The first-order chi connectivity index (χ1) is 19.2. The van der Waals surface area contributed by atoms with Crippen LogP contribution in [0, 0.1) is 21.4 Å². The van der Waals surface area contributed by atoms with Gasteiger partial charge >= 0.3 is 18.0 Å². The SMILES string of the molecule is CCN(CC)C(=O)C(C#N)=Cc1cc(OC(=O)Oc2ccccc2)c(OC(=O)Oc2ccccc2)c([N+](=O)[O-])c1. The molecule has 0 saturated carbocycles. The standard InChI is InChI=1S/C28H23N3O9/c1-3-30(4-2)26(32)20(18-29)15-19-16-23(31(35)36)25(40-28(34)38-22-13-9-6-10-14-22)24(17-19)39-27(33)37-21-11-7-5-8-12-21/h5-17H,3-4H2,1-2H3. The number of para-hydroxylation sites is 2. The van der Waals surface area contributed by atoms with E-state index in [1.54, 1.807) is 56.3 Å². The molecule has 12 nitrogen and oxygen atoms in total. The summed E-state index contributed by atoms with van der Waals surface area (Å²) in [5.74, 6) is -1.76. The van der Waals surface area contributed by atoms with Gasteiger partial charge in [0.05, 0.1) is 4.92 Å². The van der Waals surface area contributed by atoms with Gasteiger partial charge in [-0.25, -0.2) is 9.59 Å². The fourth-order valence-corrected chi connectivity index (χ4v) is 3.38. The molecule has 3 rings (SSSR count). The first kappa shape index (κ1) is 28.9. The van der Waals surface area contributed by atoms with Gasteiger partial charge in [0.25, 0.3) is 11.7 Å². The van der Waals surface area contributed by atoms with E-state index in [1.807, 2.05) is 0 Å². The first-order valence-corrected chi connectivity index (χ1v) is 11.9. The molecule has 0 saturated heterocycles. The van der Waals surface area contributed by atoms with Crippen LogP contribution in [0.3, 0.4) is 0 Å². The van der Waals surface area contributed by atoms with E-state index in [0.717, 1.165) is 18.2 Å². The molecule has 0 radical (unpaired) electrons. The highest BCUT2D eigenvalue weighted by Crippen LogP contribution is 2.40. The van der Waals surface area contributed by atoms with Crippen LogP contribution in [0.1, 0.15) is 19.4 Å². The number of rotatable bonds is 9. The van der Waals surface area contributed by atoms with Crippen LogP contribution >= 0.6 is 0 Å². The van der Waals surface area contributed by atoms with Crippen molar-refractivity contribution < 1.29 is 38.3 Å². The van der Waals surface area contributed by atoms with Gasteiger partial charge in [-0.2, -0.15) is 5.26 Å². The summed E-state index contributed by atoms with van der Waals surface area (Å²) in [5, 5.41) is 21.6. The number of nitro benzene ring substituents is 1. The highest BCUT2D eigenvalue weighted by atomic mass is 16.7. The maximum absolute atomic E-state index is 12.7. The number of hydrogen-bond donors (Lipinski definition) is 0. The summed E-state index contributed by atoms with van der Waals surface area (Å²) in [6.45, 7) is 4.10. The van der Waals surface area contributed by atoms with Crippen molar-refractivity contribution in [1.82, 2.24) is 4.90 Å². The zero-order valence-electron chi connectivity index (χ0n) is 21.4. The van der Waals surface area contributed by atoms with Crippen molar-refractivity contribution in [2.75, 3.05) is 13.1 Å². The van der Waals surface area contributed by atoms with E-state index in [9.17, 15) is 29.8 Å². The quantitative estimate of drug-likeness (QED) is 0.0836. The van der Waals surface area contributed by atoms with Gasteiger partial charge in [-0.1, -0.05) is 36.4 Å². The smallest absolute Gasteiger partial charge is 0.395 e. The van der Waals surface area contributed by atoms with Gasteiger partial charge in [0, 0.05) is 19.2 Å². The number of carbonyl (C=O) groups excluding carboxylic acids is 3. The lowest BCUT2D eigenvalue weighted by atomic mass is 10.1. The predicted molar refractivity (Wildman–Crippen MR) is 141 cm³/mol. The maximum Gasteiger partial charge on any atom is 0.519 e. The van der Waals surface area contributed by atoms with E-state index < -0.39 is 40.3 Å². The Hall–Kier alpha value is -5.70. The molecular formula is C28H23N3O9. The van der Waals surface area contributed by atoms with E-state index in [-0.39, 0.29) is 22.6 Å². The topological polar surface area (TPSA) is 158 Å². The van der Waals surface area contributed by atoms with Crippen molar-refractivity contribution in [2.24, 2.45) is 0 Å². The minimum atomic E-state index is -1.35. The number of nitrogens with zero attached hydrogens (tertiary/aromatic N) is 3. The number of benzene rings is 3. The van der Waals surface area contributed by atoms with Gasteiger partial charge in [0.15, 0.2) is 5.75 Å². The molecule has 0 aromatic heterocycles. The molecule has 3 aromatic carbocycles. The Labute approximate surface area is 228 Å². The molecule has 40 heavy (non-hydrogen) atoms. The number of likely N-dealkylation sites (N-methyl/N-ethyl adjacent to an activating group) is 1. The molecule has 1 amide bonds. The van der Waals surface area contributed by atoms with E-state index in [4.69, 9.17) is 18.9 Å². The molecule has 0 aliphatic heterocycles. The van der Waals surface area contributed by atoms with E-state index in [0.29, 0.717) is 13.1 Å². The zero-order chi connectivity index (χ0) is 29.1. The summed E-state index contributed by atoms with van der Waals surface area (Å²) < 4.78 is 20.4. The Morgan fingerprint density at radius 1 is 0.875 bits per heavy atom. The van der Waals surface area contributed by atoms with E-state index in [1.165, 1.54) is 29.2 Å². The van der Waals surface area contributed by atoms with Crippen molar-refractivity contribution in [1.29, 1.82) is 5.26 Å². The monoisotopic (exact) mass is 545 g/mol. The second kappa shape index (κ2) is 13.7. The summed E-state index contributed by atoms with van der Waals surface area (Å²) >= 11 is 0. The number of nitro groups is 1.